The van der Waals surface area contributed by atoms with Crippen LogP contribution in [-0.2, 0) is 6.54 Å². The normalized spacial score (nSPS) is 15.2. The second kappa shape index (κ2) is 8.09. The van der Waals surface area contributed by atoms with Crippen molar-refractivity contribution >= 4 is 29.1 Å². The van der Waals surface area contributed by atoms with Crippen molar-refractivity contribution in [2.45, 2.75) is 6.54 Å². The maximum atomic E-state index is 12.8. The van der Waals surface area contributed by atoms with Crippen molar-refractivity contribution in [1.29, 1.82) is 0 Å². The molecule has 0 bridgehead atoms. The highest BCUT2D eigenvalue weighted by Gasteiger charge is 2.26. The number of piperazine rings is 1. The summed E-state index contributed by atoms with van der Waals surface area (Å²) >= 11 is 12.1. The predicted molar refractivity (Wildman–Crippen MR) is 99.8 cm³/mol. The van der Waals surface area contributed by atoms with Gasteiger partial charge in [0.25, 0.3) is 5.91 Å². The van der Waals surface area contributed by atoms with Gasteiger partial charge in [0.2, 0.25) is 0 Å². The fourth-order valence-electron chi connectivity index (χ4n) is 3.16. The highest BCUT2D eigenvalue weighted by atomic mass is 35.5. The number of hydrogen-bond acceptors (Lipinski definition) is 2. The summed E-state index contributed by atoms with van der Waals surface area (Å²) in [7, 11) is 1.56. The Kier molecular flexibility index (Phi) is 5.84. The quantitative estimate of drug-likeness (QED) is 0.885. The van der Waals surface area contributed by atoms with Gasteiger partial charge in [-0.2, -0.15) is 0 Å². The molecule has 1 fully saturated rings. The molecule has 0 unspecified atom stereocenters. The summed E-state index contributed by atoms with van der Waals surface area (Å²) in [6.45, 7) is 4.15. The number of carbonyl (C=O) groups is 1. The van der Waals surface area contributed by atoms with Gasteiger partial charge in [-0.1, -0.05) is 35.3 Å². The molecule has 1 heterocycles. The van der Waals surface area contributed by atoms with E-state index in [-0.39, 0.29) is 5.91 Å². The first-order valence-corrected chi connectivity index (χ1v) is 9.03. The zero-order chi connectivity index (χ0) is 17.8. The molecule has 1 amide bonds. The van der Waals surface area contributed by atoms with Crippen LogP contribution in [0, 0.1) is 0 Å². The van der Waals surface area contributed by atoms with E-state index in [1.807, 2.05) is 23.1 Å². The highest BCUT2D eigenvalue weighted by Crippen LogP contribution is 2.24. The van der Waals surface area contributed by atoms with Crippen LogP contribution in [0.4, 0.5) is 0 Å². The van der Waals surface area contributed by atoms with Crippen molar-refractivity contribution in [2.75, 3.05) is 33.3 Å². The van der Waals surface area contributed by atoms with Gasteiger partial charge >= 0.3 is 0 Å². The number of rotatable bonds is 4. The van der Waals surface area contributed by atoms with E-state index in [0.717, 1.165) is 24.7 Å². The lowest BCUT2D eigenvalue weighted by atomic mass is 10.1. The molecular weight excluding hydrogens is 359 g/mol. The SMILES string of the molecule is COc1ccc(Cl)cc1C(=O)N1CC[NH+](Cc2cccc(Cl)c2)CC1. The number of amides is 1. The Morgan fingerprint density at radius 3 is 2.52 bits per heavy atom. The van der Waals surface area contributed by atoms with Crippen LogP contribution in [-0.4, -0.2) is 44.1 Å². The highest BCUT2D eigenvalue weighted by molar-refractivity contribution is 6.31. The number of quaternary nitrogens is 1. The fourth-order valence-corrected chi connectivity index (χ4v) is 3.54. The Morgan fingerprint density at radius 1 is 1.12 bits per heavy atom. The van der Waals surface area contributed by atoms with Gasteiger partial charge in [-0.25, -0.2) is 0 Å². The first-order valence-electron chi connectivity index (χ1n) is 8.27. The minimum absolute atomic E-state index is 0.0267. The van der Waals surface area contributed by atoms with Crippen molar-refractivity contribution in [2.24, 2.45) is 0 Å². The Balaban J connectivity index is 1.62. The van der Waals surface area contributed by atoms with Gasteiger partial charge in [0.15, 0.2) is 0 Å². The van der Waals surface area contributed by atoms with E-state index in [4.69, 9.17) is 27.9 Å². The zero-order valence-electron chi connectivity index (χ0n) is 14.1. The molecule has 2 aromatic rings. The van der Waals surface area contributed by atoms with Gasteiger partial charge < -0.3 is 14.5 Å². The fraction of sp³-hybridized carbons (Fsp3) is 0.316. The number of hydrogen-bond donors (Lipinski definition) is 1. The van der Waals surface area contributed by atoms with Crippen molar-refractivity contribution < 1.29 is 14.4 Å². The van der Waals surface area contributed by atoms with Gasteiger partial charge in [-0.05, 0) is 30.3 Å². The third-order valence-electron chi connectivity index (χ3n) is 4.49. The van der Waals surface area contributed by atoms with Crippen LogP contribution < -0.4 is 9.64 Å². The Bertz CT molecular complexity index is 759. The van der Waals surface area contributed by atoms with Gasteiger partial charge in [0, 0.05) is 15.6 Å². The van der Waals surface area contributed by atoms with E-state index < -0.39 is 0 Å². The van der Waals surface area contributed by atoms with Crippen LogP contribution in [0.15, 0.2) is 42.5 Å². The number of ether oxygens (including phenoxy) is 1. The second-order valence-electron chi connectivity index (χ2n) is 6.19. The predicted octanol–water partition coefficient (Wildman–Crippen LogP) is 2.54. The van der Waals surface area contributed by atoms with Crippen LogP contribution in [0.5, 0.6) is 5.75 Å². The first kappa shape index (κ1) is 18.1. The van der Waals surface area contributed by atoms with Crippen molar-refractivity contribution in [3.05, 3.63) is 63.6 Å². The molecule has 0 atom stereocenters. The number of nitrogens with one attached hydrogen (secondary N) is 1. The van der Waals surface area contributed by atoms with E-state index in [0.29, 0.717) is 29.4 Å². The lowest BCUT2D eigenvalue weighted by Gasteiger charge is -2.32. The summed E-state index contributed by atoms with van der Waals surface area (Å²) in [5.74, 6) is 0.532. The minimum Gasteiger partial charge on any atom is -0.496 e. The van der Waals surface area contributed by atoms with E-state index in [1.54, 1.807) is 25.3 Å². The third kappa shape index (κ3) is 4.46. The molecule has 1 aliphatic heterocycles. The van der Waals surface area contributed by atoms with Crippen LogP contribution in [0.2, 0.25) is 10.0 Å². The Labute approximate surface area is 157 Å². The standard InChI is InChI=1S/C19H20Cl2N2O2/c1-25-18-6-5-16(21)12-17(18)19(24)23-9-7-22(8-10-23)13-14-3-2-4-15(20)11-14/h2-6,11-12H,7-10,13H2,1H3/p+1. The number of methoxy groups -OCH3 is 1. The second-order valence-corrected chi connectivity index (χ2v) is 7.07. The first-order chi connectivity index (χ1) is 12.1. The van der Waals surface area contributed by atoms with Crippen LogP contribution in [0.1, 0.15) is 15.9 Å². The average molecular weight is 380 g/mol. The molecule has 6 heteroatoms. The topological polar surface area (TPSA) is 34.0 Å². The summed E-state index contributed by atoms with van der Waals surface area (Å²) in [4.78, 5) is 16.1. The lowest BCUT2D eigenvalue weighted by molar-refractivity contribution is -0.917. The summed E-state index contributed by atoms with van der Waals surface area (Å²) in [5.41, 5.74) is 1.74. The molecule has 0 saturated carbocycles. The zero-order valence-corrected chi connectivity index (χ0v) is 15.6. The molecule has 1 aliphatic rings. The number of carbonyl (C=O) groups excluding carboxylic acids is 1. The van der Waals surface area contributed by atoms with E-state index in [2.05, 4.69) is 6.07 Å². The maximum absolute atomic E-state index is 12.8. The van der Waals surface area contributed by atoms with Crippen molar-refractivity contribution in [1.82, 2.24) is 4.90 Å². The molecule has 1 N–H and O–H groups in total. The van der Waals surface area contributed by atoms with Gasteiger partial charge in [0.1, 0.15) is 12.3 Å². The van der Waals surface area contributed by atoms with E-state index in [1.165, 1.54) is 10.5 Å². The lowest BCUT2D eigenvalue weighted by Crippen LogP contribution is -3.13. The Morgan fingerprint density at radius 2 is 1.84 bits per heavy atom. The molecule has 0 radical (unpaired) electrons. The molecule has 3 rings (SSSR count). The molecule has 4 nitrogen and oxygen atoms in total. The van der Waals surface area contributed by atoms with Crippen molar-refractivity contribution in [3.8, 4) is 5.75 Å². The summed E-state index contributed by atoms with van der Waals surface area (Å²) < 4.78 is 5.30. The van der Waals surface area contributed by atoms with Crippen LogP contribution in [0.3, 0.4) is 0 Å². The van der Waals surface area contributed by atoms with E-state index >= 15 is 0 Å². The smallest absolute Gasteiger partial charge is 0.258 e. The van der Waals surface area contributed by atoms with Crippen LogP contribution in [0.25, 0.3) is 0 Å². The maximum Gasteiger partial charge on any atom is 0.258 e. The molecular formula is C19H21Cl2N2O2+. The molecule has 0 spiro atoms. The van der Waals surface area contributed by atoms with Gasteiger partial charge in [0.05, 0.1) is 38.9 Å². The monoisotopic (exact) mass is 379 g/mol. The molecule has 0 aliphatic carbocycles. The summed E-state index contributed by atoms with van der Waals surface area (Å²) in [6, 6.07) is 13.1. The largest absolute Gasteiger partial charge is 0.496 e. The molecule has 25 heavy (non-hydrogen) atoms. The minimum atomic E-state index is -0.0267. The number of nitrogens with zero attached hydrogens (tertiary/aromatic N) is 1. The summed E-state index contributed by atoms with van der Waals surface area (Å²) in [5, 5.41) is 1.30. The number of benzene rings is 2. The molecule has 0 aromatic heterocycles. The number of halogens is 2. The van der Waals surface area contributed by atoms with E-state index in [9.17, 15) is 4.79 Å². The average Bonchev–Trinajstić information content (AvgIpc) is 2.62. The third-order valence-corrected chi connectivity index (χ3v) is 4.96. The molecule has 1 saturated heterocycles. The van der Waals surface area contributed by atoms with Gasteiger partial charge in [-0.3, -0.25) is 4.79 Å². The molecule has 2 aromatic carbocycles. The Hall–Kier alpha value is -1.75. The van der Waals surface area contributed by atoms with Gasteiger partial charge in [-0.15, -0.1) is 0 Å². The summed E-state index contributed by atoms with van der Waals surface area (Å²) in [6.07, 6.45) is 0. The molecule has 132 valence electrons. The van der Waals surface area contributed by atoms with Crippen LogP contribution >= 0.6 is 23.2 Å². The van der Waals surface area contributed by atoms with Crippen molar-refractivity contribution in [3.63, 3.8) is 0 Å².